The smallest absolute Gasteiger partial charge is 0.228 e. The van der Waals surface area contributed by atoms with Crippen LogP contribution in [-0.2, 0) is 6.42 Å². The van der Waals surface area contributed by atoms with Gasteiger partial charge in [0.1, 0.15) is 0 Å². The number of likely N-dealkylation sites (N-methyl/N-ethyl adjacent to an activating group) is 1. The Kier molecular flexibility index (Phi) is 6.68. The SMILES string of the molecule is CCNC(Cc1nc(C2CCCCCCC2)no1)C(C)C. The molecule has 21 heavy (non-hydrogen) atoms. The van der Waals surface area contributed by atoms with Gasteiger partial charge in [0, 0.05) is 18.4 Å². The van der Waals surface area contributed by atoms with Crippen molar-refractivity contribution in [3.63, 3.8) is 0 Å². The molecule has 1 aromatic rings. The zero-order valence-electron chi connectivity index (χ0n) is 13.9. The molecule has 0 spiro atoms. The van der Waals surface area contributed by atoms with E-state index in [1.165, 1.54) is 44.9 Å². The lowest BCUT2D eigenvalue weighted by Crippen LogP contribution is -2.35. The monoisotopic (exact) mass is 293 g/mol. The Morgan fingerprint density at radius 1 is 1.14 bits per heavy atom. The number of rotatable bonds is 6. The molecule has 0 radical (unpaired) electrons. The summed E-state index contributed by atoms with van der Waals surface area (Å²) in [5.74, 6) is 2.83. The molecule has 1 heterocycles. The molecular formula is C17H31N3O. The minimum absolute atomic E-state index is 0.417. The largest absolute Gasteiger partial charge is 0.339 e. The molecule has 1 aromatic heterocycles. The van der Waals surface area contributed by atoms with Crippen LogP contribution >= 0.6 is 0 Å². The van der Waals surface area contributed by atoms with Crippen LogP contribution in [0.2, 0.25) is 0 Å². The number of hydrogen-bond donors (Lipinski definition) is 1. The normalized spacial score (nSPS) is 19.4. The zero-order valence-corrected chi connectivity index (χ0v) is 13.9. The van der Waals surface area contributed by atoms with Crippen molar-refractivity contribution in [2.75, 3.05) is 6.54 Å². The van der Waals surface area contributed by atoms with Gasteiger partial charge in [-0.05, 0) is 25.3 Å². The first-order valence-corrected chi connectivity index (χ1v) is 8.76. The molecular weight excluding hydrogens is 262 g/mol. The molecule has 4 nitrogen and oxygen atoms in total. The van der Waals surface area contributed by atoms with Gasteiger partial charge in [-0.25, -0.2) is 0 Å². The van der Waals surface area contributed by atoms with Crippen LogP contribution in [0.25, 0.3) is 0 Å². The summed E-state index contributed by atoms with van der Waals surface area (Å²) < 4.78 is 5.52. The van der Waals surface area contributed by atoms with Gasteiger partial charge in [-0.2, -0.15) is 4.98 Å². The van der Waals surface area contributed by atoms with Crippen LogP contribution in [0.3, 0.4) is 0 Å². The van der Waals surface area contributed by atoms with Crippen LogP contribution in [0.1, 0.15) is 83.3 Å². The van der Waals surface area contributed by atoms with Gasteiger partial charge >= 0.3 is 0 Å². The van der Waals surface area contributed by atoms with Crippen molar-refractivity contribution in [1.82, 2.24) is 15.5 Å². The van der Waals surface area contributed by atoms with Gasteiger partial charge < -0.3 is 9.84 Å². The van der Waals surface area contributed by atoms with Gasteiger partial charge in [-0.15, -0.1) is 0 Å². The van der Waals surface area contributed by atoms with Crippen LogP contribution in [0.15, 0.2) is 4.52 Å². The molecule has 2 rings (SSSR count). The molecule has 0 bridgehead atoms. The molecule has 0 saturated heterocycles. The van der Waals surface area contributed by atoms with E-state index in [0.29, 0.717) is 17.9 Å². The number of hydrogen-bond acceptors (Lipinski definition) is 4. The molecule has 1 saturated carbocycles. The third-order valence-corrected chi connectivity index (χ3v) is 4.62. The first-order chi connectivity index (χ1) is 10.2. The third kappa shape index (κ3) is 5.10. The molecule has 0 aliphatic heterocycles. The highest BCUT2D eigenvalue weighted by atomic mass is 16.5. The van der Waals surface area contributed by atoms with Crippen molar-refractivity contribution in [2.45, 2.75) is 84.1 Å². The van der Waals surface area contributed by atoms with E-state index >= 15 is 0 Å². The van der Waals surface area contributed by atoms with Crippen LogP contribution in [0, 0.1) is 5.92 Å². The van der Waals surface area contributed by atoms with E-state index in [9.17, 15) is 0 Å². The summed E-state index contributed by atoms with van der Waals surface area (Å²) in [6, 6.07) is 0.417. The lowest BCUT2D eigenvalue weighted by molar-refractivity contribution is 0.324. The second-order valence-electron chi connectivity index (χ2n) is 6.70. The maximum atomic E-state index is 5.52. The van der Waals surface area contributed by atoms with Crippen molar-refractivity contribution in [1.29, 1.82) is 0 Å². The maximum Gasteiger partial charge on any atom is 0.228 e. The Morgan fingerprint density at radius 3 is 2.43 bits per heavy atom. The van der Waals surface area contributed by atoms with E-state index in [0.717, 1.165) is 24.7 Å². The van der Waals surface area contributed by atoms with Crippen molar-refractivity contribution in [2.24, 2.45) is 5.92 Å². The Hall–Kier alpha value is -0.900. The summed E-state index contributed by atoms with van der Waals surface area (Å²) >= 11 is 0. The lowest BCUT2D eigenvalue weighted by Gasteiger charge is -2.19. The van der Waals surface area contributed by atoms with Crippen molar-refractivity contribution in [3.8, 4) is 0 Å². The van der Waals surface area contributed by atoms with Gasteiger partial charge in [-0.3, -0.25) is 0 Å². The average molecular weight is 293 g/mol. The van der Waals surface area contributed by atoms with E-state index in [1.807, 2.05) is 0 Å². The molecule has 120 valence electrons. The van der Waals surface area contributed by atoms with Gasteiger partial charge in [0.05, 0.1) is 0 Å². The summed E-state index contributed by atoms with van der Waals surface area (Å²) in [5.41, 5.74) is 0. The molecule has 1 N–H and O–H groups in total. The summed E-state index contributed by atoms with van der Waals surface area (Å²) in [6.45, 7) is 7.59. The highest BCUT2D eigenvalue weighted by molar-refractivity contribution is 4.97. The third-order valence-electron chi connectivity index (χ3n) is 4.62. The standard InChI is InChI=1S/C17H31N3O/c1-4-18-15(13(2)3)12-16-19-17(20-21-16)14-10-8-6-5-7-9-11-14/h13-15,18H,4-12H2,1-3H3. The highest BCUT2D eigenvalue weighted by Gasteiger charge is 2.21. The van der Waals surface area contributed by atoms with Crippen LogP contribution in [0.4, 0.5) is 0 Å². The lowest BCUT2D eigenvalue weighted by atomic mass is 9.91. The summed E-state index contributed by atoms with van der Waals surface area (Å²) in [4.78, 5) is 4.69. The predicted octanol–water partition coefficient (Wildman–Crippen LogP) is 4.07. The van der Waals surface area contributed by atoms with E-state index in [1.54, 1.807) is 0 Å². The topological polar surface area (TPSA) is 51.0 Å². The molecule has 1 fully saturated rings. The van der Waals surface area contributed by atoms with Gasteiger partial charge in [-0.1, -0.05) is 58.0 Å². The minimum Gasteiger partial charge on any atom is -0.339 e. The van der Waals surface area contributed by atoms with Gasteiger partial charge in [0.2, 0.25) is 5.89 Å². The van der Waals surface area contributed by atoms with E-state index in [-0.39, 0.29) is 0 Å². The fourth-order valence-electron chi connectivity index (χ4n) is 3.23. The van der Waals surface area contributed by atoms with Crippen molar-refractivity contribution < 1.29 is 4.52 Å². The van der Waals surface area contributed by atoms with E-state index < -0.39 is 0 Å². The highest BCUT2D eigenvalue weighted by Crippen LogP contribution is 2.29. The minimum atomic E-state index is 0.417. The zero-order chi connectivity index (χ0) is 15.1. The van der Waals surface area contributed by atoms with E-state index in [4.69, 9.17) is 9.51 Å². The second kappa shape index (κ2) is 8.52. The van der Waals surface area contributed by atoms with E-state index in [2.05, 4.69) is 31.2 Å². The maximum absolute atomic E-state index is 5.52. The summed E-state index contributed by atoms with van der Waals surface area (Å²) in [6.07, 6.45) is 10.0. The number of nitrogens with zero attached hydrogens (tertiary/aromatic N) is 2. The Bertz CT molecular complexity index is 394. The first kappa shape index (κ1) is 16.5. The molecule has 1 atom stereocenters. The van der Waals surface area contributed by atoms with Crippen LogP contribution < -0.4 is 5.32 Å². The summed E-state index contributed by atoms with van der Waals surface area (Å²) in [5, 5.41) is 7.78. The first-order valence-electron chi connectivity index (χ1n) is 8.76. The van der Waals surface area contributed by atoms with Gasteiger partial charge in [0.15, 0.2) is 5.82 Å². The van der Waals surface area contributed by atoms with Crippen molar-refractivity contribution in [3.05, 3.63) is 11.7 Å². The number of nitrogens with one attached hydrogen (secondary N) is 1. The quantitative estimate of drug-likeness (QED) is 0.859. The number of aromatic nitrogens is 2. The van der Waals surface area contributed by atoms with Crippen LogP contribution in [0.5, 0.6) is 0 Å². The fraction of sp³-hybridized carbons (Fsp3) is 0.882. The Morgan fingerprint density at radius 2 is 1.81 bits per heavy atom. The molecule has 1 aliphatic carbocycles. The average Bonchev–Trinajstić information content (AvgIpc) is 2.86. The molecule has 1 aliphatic rings. The molecule has 1 unspecified atom stereocenters. The molecule has 0 aromatic carbocycles. The molecule has 0 amide bonds. The fourth-order valence-corrected chi connectivity index (χ4v) is 3.23. The Balaban J connectivity index is 1.95. The molecule has 4 heteroatoms. The van der Waals surface area contributed by atoms with Gasteiger partial charge in [0.25, 0.3) is 0 Å². The second-order valence-corrected chi connectivity index (χ2v) is 6.70. The Labute approximate surface area is 129 Å². The van der Waals surface area contributed by atoms with Crippen LogP contribution in [-0.4, -0.2) is 22.7 Å². The predicted molar refractivity (Wildman–Crippen MR) is 85.4 cm³/mol. The van der Waals surface area contributed by atoms with Crippen molar-refractivity contribution >= 4 is 0 Å². The summed E-state index contributed by atoms with van der Waals surface area (Å²) in [7, 11) is 0.